The Morgan fingerprint density at radius 2 is 2.25 bits per heavy atom. The van der Waals surface area contributed by atoms with Crippen molar-refractivity contribution < 1.29 is 0 Å². The van der Waals surface area contributed by atoms with Crippen molar-refractivity contribution >= 4 is 11.9 Å². The van der Waals surface area contributed by atoms with Crippen molar-refractivity contribution in [3.05, 3.63) is 18.5 Å². The van der Waals surface area contributed by atoms with Crippen LogP contribution >= 0.6 is 0 Å². The van der Waals surface area contributed by atoms with Crippen LogP contribution in [-0.4, -0.2) is 45.4 Å². The standard InChI is InChI=1S/C12H16N8/c1-9(7-13)8-19(3)11-16-10(14-2)17-12(18-11)20-6-4-5-15-20/h4-6,9H,8H2,1-3H3,(H,14,16,17,18). The molecule has 0 radical (unpaired) electrons. The molecule has 20 heavy (non-hydrogen) atoms. The number of rotatable bonds is 5. The molecular weight excluding hydrogens is 256 g/mol. The maximum atomic E-state index is 8.88. The van der Waals surface area contributed by atoms with Gasteiger partial charge in [-0.3, -0.25) is 0 Å². The fourth-order valence-corrected chi connectivity index (χ4v) is 1.66. The fourth-order valence-electron chi connectivity index (χ4n) is 1.66. The van der Waals surface area contributed by atoms with Crippen molar-refractivity contribution in [3.63, 3.8) is 0 Å². The number of nitrogens with one attached hydrogen (secondary N) is 1. The second kappa shape index (κ2) is 5.97. The summed E-state index contributed by atoms with van der Waals surface area (Å²) in [6, 6.07) is 3.99. The van der Waals surface area contributed by atoms with Gasteiger partial charge < -0.3 is 10.2 Å². The van der Waals surface area contributed by atoms with E-state index >= 15 is 0 Å². The van der Waals surface area contributed by atoms with Gasteiger partial charge in [0.15, 0.2) is 0 Å². The summed E-state index contributed by atoms with van der Waals surface area (Å²) in [7, 11) is 3.58. The molecule has 0 amide bonds. The number of anilines is 2. The van der Waals surface area contributed by atoms with E-state index in [1.807, 2.05) is 18.9 Å². The van der Waals surface area contributed by atoms with Gasteiger partial charge in [0.1, 0.15) is 0 Å². The van der Waals surface area contributed by atoms with Crippen LogP contribution in [0.5, 0.6) is 0 Å². The molecule has 2 aromatic heterocycles. The molecule has 2 aromatic rings. The quantitative estimate of drug-likeness (QED) is 0.855. The number of hydrogen-bond acceptors (Lipinski definition) is 7. The molecule has 0 aliphatic carbocycles. The third-order valence-electron chi connectivity index (χ3n) is 2.65. The Morgan fingerprint density at radius 1 is 1.45 bits per heavy atom. The second-order valence-electron chi connectivity index (χ2n) is 4.37. The topological polar surface area (TPSA) is 95.6 Å². The van der Waals surface area contributed by atoms with E-state index in [1.54, 1.807) is 30.2 Å². The first-order chi connectivity index (χ1) is 9.63. The molecule has 0 fully saturated rings. The minimum Gasteiger partial charge on any atom is -0.357 e. The smallest absolute Gasteiger partial charge is 0.257 e. The number of nitriles is 1. The van der Waals surface area contributed by atoms with E-state index in [0.717, 1.165) is 0 Å². The Kier molecular flexibility index (Phi) is 4.10. The van der Waals surface area contributed by atoms with Gasteiger partial charge in [-0.15, -0.1) is 0 Å². The highest BCUT2D eigenvalue weighted by Gasteiger charge is 2.13. The molecule has 8 heteroatoms. The Morgan fingerprint density at radius 3 is 2.85 bits per heavy atom. The summed E-state index contributed by atoms with van der Waals surface area (Å²) >= 11 is 0. The van der Waals surface area contributed by atoms with Crippen molar-refractivity contribution in [2.24, 2.45) is 5.92 Å². The Balaban J connectivity index is 2.34. The number of nitrogens with zero attached hydrogens (tertiary/aromatic N) is 7. The summed E-state index contributed by atoms with van der Waals surface area (Å²) in [5.41, 5.74) is 0. The summed E-state index contributed by atoms with van der Waals surface area (Å²) in [5, 5.41) is 15.9. The third kappa shape index (κ3) is 3.00. The van der Waals surface area contributed by atoms with Crippen LogP contribution in [0.1, 0.15) is 6.92 Å². The van der Waals surface area contributed by atoms with Crippen LogP contribution in [0, 0.1) is 17.2 Å². The summed E-state index contributed by atoms with van der Waals surface area (Å²) in [5.74, 6) is 1.28. The van der Waals surface area contributed by atoms with Crippen molar-refractivity contribution in [1.82, 2.24) is 24.7 Å². The average Bonchev–Trinajstić information content (AvgIpc) is 3.00. The molecule has 2 heterocycles. The SMILES string of the molecule is CNc1nc(N(C)CC(C)C#N)nc(-n2cccn2)n1. The molecule has 104 valence electrons. The van der Waals surface area contributed by atoms with Gasteiger partial charge in [0.2, 0.25) is 11.9 Å². The van der Waals surface area contributed by atoms with Gasteiger partial charge in [0, 0.05) is 33.0 Å². The lowest BCUT2D eigenvalue weighted by Gasteiger charge is -2.18. The minimum absolute atomic E-state index is 0.108. The molecule has 0 saturated carbocycles. The summed E-state index contributed by atoms with van der Waals surface area (Å²) in [6.45, 7) is 2.40. The molecule has 8 nitrogen and oxygen atoms in total. The summed E-state index contributed by atoms with van der Waals surface area (Å²) in [6.07, 6.45) is 3.42. The van der Waals surface area contributed by atoms with Crippen molar-refractivity contribution in [2.45, 2.75) is 6.92 Å². The highest BCUT2D eigenvalue weighted by atomic mass is 15.4. The first-order valence-corrected chi connectivity index (χ1v) is 6.18. The van der Waals surface area contributed by atoms with Gasteiger partial charge in [-0.1, -0.05) is 0 Å². The molecule has 0 aliphatic rings. The lowest BCUT2D eigenvalue weighted by molar-refractivity contribution is 0.694. The van der Waals surface area contributed by atoms with E-state index < -0.39 is 0 Å². The molecule has 1 N–H and O–H groups in total. The fraction of sp³-hybridized carbons (Fsp3) is 0.417. The van der Waals surface area contributed by atoms with E-state index in [4.69, 9.17) is 5.26 Å². The highest BCUT2D eigenvalue weighted by Crippen LogP contribution is 2.12. The molecule has 0 aromatic carbocycles. The predicted octanol–water partition coefficient (Wildman–Crippen LogP) is 0.695. The number of aromatic nitrogens is 5. The second-order valence-corrected chi connectivity index (χ2v) is 4.37. The monoisotopic (exact) mass is 272 g/mol. The Hall–Kier alpha value is -2.69. The normalized spacial score (nSPS) is 11.7. The van der Waals surface area contributed by atoms with Gasteiger partial charge >= 0.3 is 0 Å². The first kappa shape index (κ1) is 13.7. The van der Waals surface area contributed by atoms with E-state index in [9.17, 15) is 0 Å². The highest BCUT2D eigenvalue weighted by molar-refractivity contribution is 5.39. The molecule has 0 saturated heterocycles. The molecule has 1 unspecified atom stereocenters. The third-order valence-corrected chi connectivity index (χ3v) is 2.65. The number of hydrogen-bond donors (Lipinski definition) is 1. The summed E-state index contributed by atoms with van der Waals surface area (Å²) in [4.78, 5) is 14.7. The van der Waals surface area contributed by atoms with Crippen molar-refractivity contribution in [1.29, 1.82) is 5.26 Å². The van der Waals surface area contributed by atoms with E-state index in [2.05, 4.69) is 31.4 Å². The predicted molar refractivity (Wildman–Crippen MR) is 74.5 cm³/mol. The molecule has 2 rings (SSSR count). The zero-order valence-electron chi connectivity index (χ0n) is 11.6. The van der Waals surface area contributed by atoms with Gasteiger partial charge in [0.05, 0.1) is 12.0 Å². The maximum Gasteiger partial charge on any atom is 0.257 e. The first-order valence-electron chi connectivity index (χ1n) is 6.18. The molecule has 1 atom stereocenters. The minimum atomic E-state index is -0.108. The zero-order chi connectivity index (χ0) is 14.5. The van der Waals surface area contributed by atoms with Gasteiger partial charge in [-0.05, 0) is 13.0 Å². The van der Waals surface area contributed by atoms with Crippen LogP contribution in [0.2, 0.25) is 0 Å². The van der Waals surface area contributed by atoms with Crippen LogP contribution in [0.15, 0.2) is 18.5 Å². The van der Waals surface area contributed by atoms with Crippen LogP contribution < -0.4 is 10.2 Å². The Bertz CT molecular complexity index is 600. The van der Waals surface area contributed by atoms with E-state index in [1.165, 1.54) is 0 Å². The lowest BCUT2D eigenvalue weighted by Crippen LogP contribution is -2.26. The van der Waals surface area contributed by atoms with Gasteiger partial charge in [-0.25, -0.2) is 4.68 Å². The Labute approximate surface area is 117 Å². The lowest BCUT2D eigenvalue weighted by atomic mass is 10.2. The molecule has 0 spiro atoms. The molecular formula is C12H16N8. The van der Waals surface area contributed by atoms with Gasteiger partial charge in [0.25, 0.3) is 5.95 Å². The summed E-state index contributed by atoms with van der Waals surface area (Å²) < 4.78 is 1.56. The van der Waals surface area contributed by atoms with Crippen molar-refractivity contribution in [2.75, 3.05) is 30.9 Å². The van der Waals surface area contributed by atoms with Crippen LogP contribution in [0.25, 0.3) is 5.95 Å². The maximum absolute atomic E-state index is 8.88. The van der Waals surface area contributed by atoms with Crippen LogP contribution in [-0.2, 0) is 0 Å². The van der Waals surface area contributed by atoms with Crippen LogP contribution in [0.3, 0.4) is 0 Å². The molecule has 0 bridgehead atoms. The molecule has 0 aliphatic heterocycles. The van der Waals surface area contributed by atoms with Gasteiger partial charge in [-0.2, -0.15) is 25.3 Å². The van der Waals surface area contributed by atoms with E-state index in [-0.39, 0.29) is 5.92 Å². The van der Waals surface area contributed by atoms with E-state index in [0.29, 0.717) is 24.4 Å². The van der Waals surface area contributed by atoms with Crippen LogP contribution in [0.4, 0.5) is 11.9 Å². The zero-order valence-corrected chi connectivity index (χ0v) is 11.6. The van der Waals surface area contributed by atoms with Crippen molar-refractivity contribution in [3.8, 4) is 12.0 Å². The average molecular weight is 272 g/mol. The largest absolute Gasteiger partial charge is 0.357 e.